The van der Waals surface area contributed by atoms with Crippen LogP contribution in [0, 0.1) is 5.92 Å². The van der Waals surface area contributed by atoms with Crippen molar-refractivity contribution in [3.8, 4) is 11.4 Å². The van der Waals surface area contributed by atoms with Crippen molar-refractivity contribution in [1.29, 1.82) is 0 Å². The Morgan fingerprint density at radius 3 is 2.47 bits per heavy atom. The van der Waals surface area contributed by atoms with Crippen molar-refractivity contribution in [2.24, 2.45) is 5.92 Å². The topological polar surface area (TPSA) is 96.5 Å². The van der Waals surface area contributed by atoms with E-state index >= 15 is 0 Å². The fraction of sp³-hybridized carbons (Fsp3) is 0.333. The third-order valence-corrected chi connectivity index (χ3v) is 7.69. The highest BCUT2D eigenvalue weighted by Gasteiger charge is 2.38. The largest absolute Gasteiger partial charge is 0.396 e. The summed E-state index contributed by atoms with van der Waals surface area (Å²) in [6, 6.07) is 13.3. The van der Waals surface area contributed by atoms with Crippen molar-refractivity contribution in [1.82, 2.24) is 14.4 Å². The fourth-order valence-corrected chi connectivity index (χ4v) is 5.80. The Labute approximate surface area is 180 Å². The lowest BCUT2D eigenvalue weighted by Gasteiger charge is -2.32. The molecule has 9 heteroatoms. The Morgan fingerprint density at radius 1 is 1.10 bits per heavy atom. The van der Waals surface area contributed by atoms with E-state index < -0.39 is 10.0 Å². The Kier molecular flexibility index (Phi) is 6.19. The van der Waals surface area contributed by atoms with Crippen LogP contribution in [-0.4, -0.2) is 40.6 Å². The molecule has 3 aromatic rings. The second-order valence-corrected chi connectivity index (χ2v) is 9.72. The van der Waals surface area contributed by atoms with Crippen LogP contribution >= 0.6 is 11.6 Å². The van der Waals surface area contributed by atoms with Crippen LogP contribution in [0.4, 0.5) is 0 Å². The Balaban J connectivity index is 1.66. The Bertz CT molecular complexity index is 1070. The molecule has 1 N–H and O–H groups in total. The van der Waals surface area contributed by atoms with Gasteiger partial charge in [-0.2, -0.15) is 9.29 Å². The Morgan fingerprint density at radius 2 is 1.83 bits per heavy atom. The molecule has 0 amide bonds. The summed E-state index contributed by atoms with van der Waals surface area (Å²) in [5, 5.41) is 14.1. The van der Waals surface area contributed by atoms with Gasteiger partial charge in [-0.25, -0.2) is 8.42 Å². The first-order valence-corrected chi connectivity index (χ1v) is 11.5. The molecule has 2 unspecified atom stereocenters. The molecule has 0 saturated heterocycles. The highest BCUT2D eigenvalue weighted by molar-refractivity contribution is 7.89. The number of hydrogen-bond donors (Lipinski definition) is 1. The van der Waals surface area contributed by atoms with E-state index in [9.17, 15) is 13.5 Å². The van der Waals surface area contributed by atoms with Gasteiger partial charge in [-0.1, -0.05) is 47.4 Å². The summed E-state index contributed by atoms with van der Waals surface area (Å²) >= 11 is 5.94. The molecule has 30 heavy (non-hydrogen) atoms. The molecule has 2 aromatic carbocycles. The van der Waals surface area contributed by atoms with E-state index in [1.807, 2.05) is 24.3 Å². The highest BCUT2D eigenvalue weighted by atomic mass is 35.5. The van der Waals surface area contributed by atoms with Crippen molar-refractivity contribution in [3.05, 3.63) is 65.5 Å². The van der Waals surface area contributed by atoms with E-state index in [1.165, 1.54) is 22.8 Å². The van der Waals surface area contributed by atoms with Crippen molar-refractivity contribution in [2.45, 2.75) is 36.7 Å². The minimum absolute atomic E-state index is 0.0337. The molecule has 7 nitrogen and oxygen atoms in total. The number of halogens is 1. The molecule has 0 spiro atoms. The summed E-state index contributed by atoms with van der Waals surface area (Å²) in [6.07, 6.45) is 3.68. The first-order valence-electron chi connectivity index (χ1n) is 9.73. The number of aliphatic hydroxyl groups is 1. The molecule has 158 valence electrons. The van der Waals surface area contributed by atoms with E-state index in [0.717, 1.165) is 30.4 Å². The van der Waals surface area contributed by atoms with Gasteiger partial charge in [-0.15, -0.1) is 0 Å². The van der Waals surface area contributed by atoms with Gasteiger partial charge >= 0.3 is 0 Å². The molecular weight excluding hydrogens is 426 g/mol. The maximum atomic E-state index is 13.5. The van der Waals surface area contributed by atoms with Gasteiger partial charge in [0, 0.05) is 29.8 Å². The molecule has 4 rings (SSSR count). The van der Waals surface area contributed by atoms with Gasteiger partial charge < -0.3 is 9.63 Å². The van der Waals surface area contributed by atoms with Gasteiger partial charge in [0.25, 0.3) is 0 Å². The van der Waals surface area contributed by atoms with Gasteiger partial charge in [-0.05, 0) is 48.6 Å². The zero-order chi connectivity index (χ0) is 21.1. The van der Waals surface area contributed by atoms with E-state index in [-0.39, 0.29) is 30.0 Å². The van der Waals surface area contributed by atoms with E-state index in [4.69, 9.17) is 16.1 Å². The number of hydrogen-bond acceptors (Lipinski definition) is 6. The van der Waals surface area contributed by atoms with Crippen LogP contribution in [0.2, 0.25) is 5.02 Å². The van der Waals surface area contributed by atoms with Crippen LogP contribution in [0.15, 0.2) is 64.3 Å². The zero-order valence-electron chi connectivity index (χ0n) is 16.2. The van der Waals surface area contributed by atoms with E-state index in [2.05, 4.69) is 10.1 Å². The average molecular weight is 448 g/mol. The molecule has 1 aliphatic rings. The SMILES string of the molecule is O=S(=O)(c1ccc(Cl)cc1)N(Cc1ccc(-c2ncon2)cc1)C1CCCC1CO. The van der Waals surface area contributed by atoms with Crippen LogP contribution in [0.3, 0.4) is 0 Å². The number of aromatic nitrogens is 2. The summed E-state index contributed by atoms with van der Waals surface area (Å²) < 4.78 is 33.3. The lowest BCUT2D eigenvalue weighted by molar-refractivity contribution is 0.166. The summed E-state index contributed by atoms with van der Waals surface area (Å²) in [5.74, 6) is 0.397. The fourth-order valence-electron chi connectivity index (χ4n) is 3.97. The Hall–Kier alpha value is -2.26. The van der Waals surface area contributed by atoms with Gasteiger partial charge in [0.2, 0.25) is 22.2 Å². The molecule has 0 bridgehead atoms. The highest BCUT2D eigenvalue weighted by Crippen LogP contribution is 2.34. The lowest BCUT2D eigenvalue weighted by atomic mass is 10.0. The molecule has 0 radical (unpaired) electrons. The number of benzene rings is 2. The molecule has 1 heterocycles. The molecular formula is C21H22ClN3O4S. The molecule has 1 aromatic heterocycles. The summed E-state index contributed by atoms with van der Waals surface area (Å²) in [4.78, 5) is 4.22. The summed E-state index contributed by atoms with van der Waals surface area (Å²) in [7, 11) is -3.77. The van der Waals surface area contributed by atoms with Crippen molar-refractivity contribution < 1.29 is 18.0 Å². The number of rotatable bonds is 7. The molecule has 2 atom stereocenters. The molecule has 0 aliphatic heterocycles. The van der Waals surface area contributed by atoms with Gasteiger partial charge in [-0.3, -0.25) is 0 Å². The predicted octanol–water partition coefficient (Wildman–Crippen LogP) is 3.74. The van der Waals surface area contributed by atoms with Crippen LogP contribution in [-0.2, 0) is 16.6 Å². The standard InChI is InChI=1S/C21H22ClN3O4S/c22-18-8-10-19(11-9-18)30(27,28)25(20-3-1-2-17(20)13-26)12-15-4-6-16(7-5-15)21-23-14-29-24-21/h4-11,14,17,20,26H,1-3,12-13H2. The van der Waals surface area contributed by atoms with Crippen LogP contribution in [0.5, 0.6) is 0 Å². The minimum atomic E-state index is -3.77. The minimum Gasteiger partial charge on any atom is -0.396 e. The zero-order valence-corrected chi connectivity index (χ0v) is 17.8. The second kappa shape index (κ2) is 8.85. The monoisotopic (exact) mass is 447 g/mol. The smallest absolute Gasteiger partial charge is 0.243 e. The molecule has 1 saturated carbocycles. The van der Waals surface area contributed by atoms with Crippen LogP contribution in [0.1, 0.15) is 24.8 Å². The summed E-state index contributed by atoms with van der Waals surface area (Å²) in [5.41, 5.74) is 1.62. The number of aliphatic hydroxyl groups excluding tert-OH is 1. The molecule has 1 aliphatic carbocycles. The van der Waals surface area contributed by atoms with E-state index in [1.54, 1.807) is 12.1 Å². The third kappa shape index (κ3) is 4.27. The maximum Gasteiger partial charge on any atom is 0.243 e. The first kappa shape index (κ1) is 21.0. The average Bonchev–Trinajstić information content (AvgIpc) is 3.44. The maximum absolute atomic E-state index is 13.5. The van der Waals surface area contributed by atoms with Crippen molar-refractivity contribution in [3.63, 3.8) is 0 Å². The second-order valence-electron chi connectivity index (χ2n) is 7.40. The number of sulfonamides is 1. The van der Waals surface area contributed by atoms with Gasteiger partial charge in [0.15, 0.2) is 0 Å². The van der Waals surface area contributed by atoms with Gasteiger partial charge in [0.1, 0.15) is 0 Å². The normalized spacial score (nSPS) is 19.4. The predicted molar refractivity (Wildman–Crippen MR) is 112 cm³/mol. The summed E-state index contributed by atoms with van der Waals surface area (Å²) in [6.45, 7) is 0.173. The van der Waals surface area contributed by atoms with Gasteiger partial charge in [0.05, 0.1) is 4.90 Å². The lowest BCUT2D eigenvalue weighted by Crippen LogP contribution is -2.42. The first-order chi connectivity index (χ1) is 14.5. The molecule has 1 fully saturated rings. The third-order valence-electron chi connectivity index (χ3n) is 5.56. The van der Waals surface area contributed by atoms with E-state index in [0.29, 0.717) is 10.8 Å². The van der Waals surface area contributed by atoms with Crippen LogP contribution in [0.25, 0.3) is 11.4 Å². The van der Waals surface area contributed by atoms with Crippen molar-refractivity contribution in [2.75, 3.05) is 6.61 Å². The number of nitrogens with zero attached hydrogens (tertiary/aromatic N) is 3. The van der Waals surface area contributed by atoms with Crippen LogP contribution < -0.4 is 0 Å². The quantitative estimate of drug-likeness (QED) is 0.592. The van der Waals surface area contributed by atoms with Crippen molar-refractivity contribution >= 4 is 21.6 Å².